The second-order valence-electron chi connectivity index (χ2n) is 10.7. The Hall–Kier alpha value is -3.90. The Morgan fingerprint density at radius 3 is 2.39 bits per heavy atom. The highest BCUT2D eigenvalue weighted by atomic mass is 16.7. The maximum atomic E-state index is 13.7. The number of phenolic OH excluding ortho intramolecular Hbond substituents is 1. The van der Waals surface area contributed by atoms with Gasteiger partial charge in [0.05, 0.1) is 32.1 Å². The smallest absolute Gasteiger partial charge is 0.320 e. The maximum absolute atomic E-state index is 13.7. The molecule has 0 aromatic heterocycles. The third-order valence-corrected chi connectivity index (χ3v) is 8.51. The van der Waals surface area contributed by atoms with Crippen molar-refractivity contribution in [1.29, 1.82) is 0 Å². The van der Waals surface area contributed by atoms with E-state index in [0.29, 0.717) is 36.6 Å². The van der Waals surface area contributed by atoms with Crippen LogP contribution in [0, 0.1) is 11.8 Å². The molecule has 6 rings (SSSR count). The summed E-state index contributed by atoms with van der Waals surface area (Å²) in [4.78, 5) is 28.8. The average molecular weight is 569 g/mol. The van der Waals surface area contributed by atoms with Crippen LogP contribution < -0.4 is 35.3 Å². The molecule has 2 amide bonds. The first-order valence-corrected chi connectivity index (χ1v) is 14.0. The minimum absolute atomic E-state index is 0.0896. The first kappa shape index (κ1) is 27.3. The van der Waals surface area contributed by atoms with E-state index in [1.807, 2.05) is 12.1 Å². The maximum Gasteiger partial charge on any atom is 0.320 e. The van der Waals surface area contributed by atoms with Crippen molar-refractivity contribution in [3.8, 4) is 28.7 Å². The van der Waals surface area contributed by atoms with Crippen molar-refractivity contribution >= 4 is 12.0 Å². The zero-order valence-electron chi connectivity index (χ0n) is 23.2. The third-order valence-electron chi connectivity index (χ3n) is 8.51. The fraction of sp³-hybridized carbons (Fsp3) is 0.517. The molecule has 4 aliphatic rings. The number of hydrogen-bond acceptors (Lipinski definition) is 10. The molecule has 1 aliphatic carbocycles. The molecular formula is C29H36N4O8. The zero-order chi connectivity index (χ0) is 28.7. The van der Waals surface area contributed by atoms with Gasteiger partial charge < -0.3 is 45.2 Å². The van der Waals surface area contributed by atoms with Gasteiger partial charge in [0.1, 0.15) is 0 Å². The molecule has 0 spiro atoms. The molecule has 2 saturated heterocycles. The van der Waals surface area contributed by atoms with E-state index in [0.717, 1.165) is 37.1 Å². The normalized spacial score (nSPS) is 25.3. The van der Waals surface area contributed by atoms with Crippen LogP contribution in [-0.4, -0.2) is 75.4 Å². The summed E-state index contributed by atoms with van der Waals surface area (Å²) in [6, 6.07) is 6.46. The molecule has 3 aliphatic heterocycles. The first-order chi connectivity index (χ1) is 20.0. The molecule has 0 radical (unpaired) electrons. The van der Waals surface area contributed by atoms with Crippen LogP contribution in [0.15, 0.2) is 24.3 Å². The minimum Gasteiger partial charge on any atom is -0.502 e. The summed E-state index contributed by atoms with van der Waals surface area (Å²) >= 11 is 0. The van der Waals surface area contributed by atoms with Gasteiger partial charge in [0.15, 0.2) is 29.2 Å². The van der Waals surface area contributed by atoms with Gasteiger partial charge >= 0.3 is 12.0 Å². The number of phenols is 1. The molecule has 2 fully saturated rings. The number of hydrogen-bond donors (Lipinski definition) is 4. The topological polar surface area (TPSA) is 154 Å². The second kappa shape index (κ2) is 11.2. The summed E-state index contributed by atoms with van der Waals surface area (Å²) in [7, 11) is 2.92. The van der Waals surface area contributed by atoms with E-state index in [1.165, 1.54) is 14.2 Å². The van der Waals surface area contributed by atoms with Crippen molar-refractivity contribution in [1.82, 2.24) is 15.5 Å². The molecule has 0 saturated carbocycles. The molecule has 5 atom stereocenters. The number of urea groups is 1. The zero-order valence-corrected chi connectivity index (χ0v) is 23.2. The Balaban J connectivity index is 1.37. The van der Waals surface area contributed by atoms with E-state index in [1.54, 1.807) is 17.0 Å². The van der Waals surface area contributed by atoms with Gasteiger partial charge in [-0.15, -0.1) is 0 Å². The number of nitrogens with two attached hydrogens (primary N) is 1. The van der Waals surface area contributed by atoms with Crippen LogP contribution in [0.3, 0.4) is 0 Å². The standard InChI is InChI=1S/C29H36N4O8/c1-37-20-10-15(11-21(38-2)26(20)34)22-16-12-18-19(40-14-39-18)13-17(16)25-24-23(22)28(35)41-27(24)33(29(36)32-25)9-5-8-31-7-4-3-6-30/h10-13,22-25,27,31,34H,3-9,14,30H2,1-2H3,(H,32,36)/t22?,23-,24?,25-,27?/m1/s1. The monoisotopic (exact) mass is 568 g/mol. The van der Waals surface area contributed by atoms with Crippen LogP contribution in [0.4, 0.5) is 4.79 Å². The Morgan fingerprint density at radius 1 is 1.02 bits per heavy atom. The number of nitrogens with zero attached hydrogens (tertiary/aromatic N) is 1. The summed E-state index contributed by atoms with van der Waals surface area (Å²) in [5, 5.41) is 17.1. The van der Waals surface area contributed by atoms with Crippen molar-refractivity contribution in [2.45, 2.75) is 37.5 Å². The van der Waals surface area contributed by atoms with E-state index >= 15 is 0 Å². The number of nitrogens with one attached hydrogen (secondary N) is 2. The van der Waals surface area contributed by atoms with E-state index in [9.17, 15) is 14.7 Å². The molecule has 5 N–H and O–H groups in total. The van der Waals surface area contributed by atoms with Gasteiger partial charge in [0, 0.05) is 12.5 Å². The molecule has 0 bridgehead atoms. The van der Waals surface area contributed by atoms with Crippen LogP contribution in [0.2, 0.25) is 0 Å². The van der Waals surface area contributed by atoms with E-state index in [4.69, 9.17) is 29.4 Å². The molecule has 2 aromatic carbocycles. The van der Waals surface area contributed by atoms with Crippen LogP contribution in [0.5, 0.6) is 28.7 Å². The first-order valence-electron chi connectivity index (χ1n) is 14.0. The number of carbonyl (C=O) groups is 2. The van der Waals surface area contributed by atoms with Crippen molar-refractivity contribution < 1.29 is 38.4 Å². The SMILES string of the molecule is COc1cc(C2c3cc4c(cc3[C@H]3NC(=O)N(CCCNCCCCN)C5OC(=O)[C@H]2C53)OCO4)cc(OC)c1O. The summed E-state index contributed by atoms with van der Waals surface area (Å²) in [6.45, 7) is 2.79. The molecule has 220 valence electrons. The van der Waals surface area contributed by atoms with Crippen LogP contribution in [0.1, 0.15) is 47.9 Å². The summed E-state index contributed by atoms with van der Waals surface area (Å²) in [5.74, 6) is -0.368. The van der Waals surface area contributed by atoms with E-state index in [2.05, 4.69) is 10.6 Å². The lowest BCUT2D eigenvalue weighted by Gasteiger charge is -2.47. The van der Waals surface area contributed by atoms with Gasteiger partial charge in [-0.05, 0) is 79.9 Å². The summed E-state index contributed by atoms with van der Waals surface area (Å²) < 4.78 is 28.3. The highest BCUT2D eigenvalue weighted by Crippen LogP contribution is 2.58. The number of aromatic hydroxyl groups is 1. The van der Waals surface area contributed by atoms with Gasteiger partial charge in [0.2, 0.25) is 12.5 Å². The number of amides is 2. The lowest BCUT2D eigenvalue weighted by atomic mass is 9.64. The van der Waals surface area contributed by atoms with Gasteiger partial charge in [-0.3, -0.25) is 9.69 Å². The lowest BCUT2D eigenvalue weighted by Crippen LogP contribution is -2.60. The van der Waals surface area contributed by atoms with Crippen LogP contribution in [-0.2, 0) is 9.53 Å². The number of ether oxygens (including phenoxy) is 5. The number of carbonyl (C=O) groups excluding carboxylic acids is 2. The van der Waals surface area contributed by atoms with Crippen molar-refractivity contribution in [2.24, 2.45) is 17.6 Å². The van der Waals surface area contributed by atoms with Gasteiger partial charge in [-0.2, -0.15) is 0 Å². The molecule has 3 heterocycles. The number of benzene rings is 2. The molecular weight excluding hydrogens is 532 g/mol. The fourth-order valence-corrected chi connectivity index (χ4v) is 6.63. The number of methoxy groups -OCH3 is 2. The van der Waals surface area contributed by atoms with E-state index in [-0.39, 0.29) is 42.0 Å². The fourth-order valence-electron chi connectivity index (χ4n) is 6.63. The van der Waals surface area contributed by atoms with Crippen molar-refractivity contribution in [3.63, 3.8) is 0 Å². The predicted octanol–water partition coefficient (Wildman–Crippen LogP) is 2.18. The number of fused-ring (bicyclic) bond motifs is 3. The van der Waals surface area contributed by atoms with Crippen LogP contribution in [0.25, 0.3) is 0 Å². The third kappa shape index (κ3) is 4.64. The lowest BCUT2D eigenvalue weighted by molar-refractivity contribution is -0.149. The average Bonchev–Trinajstić information content (AvgIpc) is 3.57. The van der Waals surface area contributed by atoms with Gasteiger partial charge in [0.25, 0.3) is 0 Å². The Labute approximate surface area is 238 Å². The Bertz CT molecular complexity index is 1310. The highest BCUT2D eigenvalue weighted by molar-refractivity contribution is 5.84. The number of esters is 1. The van der Waals surface area contributed by atoms with Crippen molar-refractivity contribution in [2.75, 3.05) is 47.2 Å². The number of rotatable bonds is 11. The summed E-state index contributed by atoms with van der Waals surface area (Å²) in [5.41, 5.74) is 7.92. The predicted molar refractivity (Wildman–Crippen MR) is 146 cm³/mol. The molecule has 12 nitrogen and oxygen atoms in total. The Morgan fingerprint density at radius 2 is 1.71 bits per heavy atom. The molecule has 2 aromatic rings. The van der Waals surface area contributed by atoms with Crippen molar-refractivity contribution in [3.05, 3.63) is 41.0 Å². The van der Waals surface area contributed by atoms with E-state index < -0.39 is 24.1 Å². The summed E-state index contributed by atoms with van der Waals surface area (Å²) in [6.07, 6.45) is 1.95. The Kier molecular flexibility index (Phi) is 7.43. The highest BCUT2D eigenvalue weighted by Gasteiger charge is 2.61. The molecule has 12 heteroatoms. The van der Waals surface area contributed by atoms with Gasteiger partial charge in [-0.25, -0.2) is 4.79 Å². The van der Waals surface area contributed by atoms with Crippen LogP contribution >= 0.6 is 0 Å². The second-order valence-corrected chi connectivity index (χ2v) is 10.7. The largest absolute Gasteiger partial charge is 0.502 e. The molecule has 41 heavy (non-hydrogen) atoms. The minimum atomic E-state index is -0.717. The quantitative estimate of drug-likeness (QED) is 0.234. The molecule has 3 unspecified atom stereocenters. The number of unbranched alkanes of at least 4 members (excludes halogenated alkanes) is 1. The van der Waals surface area contributed by atoms with Gasteiger partial charge in [-0.1, -0.05) is 0 Å².